The molecule has 0 amide bonds. The molecule has 6 heteroatoms. The molecule has 0 saturated heterocycles. The smallest absolute Gasteiger partial charge is 0.410 e. The number of rotatable bonds is 9. The zero-order valence-corrected chi connectivity index (χ0v) is 24.6. The molecule has 4 nitrogen and oxygen atoms in total. The van der Waals surface area contributed by atoms with Crippen molar-refractivity contribution in [3.63, 3.8) is 0 Å². The Kier molecular flexibility index (Phi) is 8.86. The molecule has 0 radical (unpaired) electrons. The van der Waals surface area contributed by atoms with Crippen LogP contribution in [-0.2, 0) is 9.31 Å². The molecular weight excluding hydrogens is 487 g/mol. The van der Waals surface area contributed by atoms with E-state index in [2.05, 4.69) is 96.3 Å². The van der Waals surface area contributed by atoms with Crippen molar-refractivity contribution >= 4 is 30.4 Å². The van der Waals surface area contributed by atoms with E-state index in [1.165, 1.54) is 0 Å². The molecule has 0 bridgehead atoms. The Hall–Kier alpha value is -2.41. The molecule has 3 aliphatic rings. The predicted molar refractivity (Wildman–Crippen MR) is 165 cm³/mol. The molecule has 0 aromatic heterocycles. The lowest BCUT2D eigenvalue weighted by Gasteiger charge is -2.33. The third kappa shape index (κ3) is 5.93. The maximum atomic E-state index is 6.39. The minimum absolute atomic E-state index is 0.0116. The van der Waals surface area contributed by atoms with Gasteiger partial charge in [0.2, 0.25) is 0 Å². The van der Waals surface area contributed by atoms with E-state index in [9.17, 15) is 0 Å². The third-order valence-corrected chi connectivity index (χ3v) is 9.93. The highest BCUT2D eigenvalue weighted by atomic mass is 32.2. The average Bonchev–Trinajstić information content (AvgIpc) is 3.44. The molecule has 1 aromatic rings. The Labute approximate surface area is 233 Å². The van der Waals surface area contributed by atoms with Gasteiger partial charge in [-0.25, -0.2) is 4.99 Å². The van der Waals surface area contributed by atoms with Crippen LogP contribution >= 0.6 is 11.8 Å². The lowest BCUT2D eigenvalue weighted by atomic mass is 9.71. The van der Waals surface area contributed by atoms with Crippen LogP contribution in [-0.4, -0.2) is 43.2 Å². The van der Waals surface area contributed by atoms with Gasteiger partial charge in [-0.1, -0.05) is 94.6 Å². The summed E-state index contributed by atoms with van der Waals surface area (Å²) in [6.45, 7) is 20.0. The molecule has 1 saturated carbocycles. The van der Waals surface area contributed by atoms with Gasteiger partial charge in [0.15, 0.2) is 5.84 Å². The maximum absolute atomic E-state index is 6.39. The summed E-state index contributed by atoms with van der Waals surface area (Å²) >= 11 is 1.84. The monoisotopic (exact) mass is 528 g/mol. The van der Waals surface area contributed by atoms with Gasteiger partial charge >= 0.3 is 7.12 Å². The molecule has 0 N–H and O–H groups in total. The molecule has 38 heavy (non-hydrogen) atoms. The van der Waals surface area contributed by atoms with Crippen molar-refractivity contribution in [2.24, 2.45) is 27.2 Å². The number of fused-ring (bicyclic) bond motifs is 1. The molecular formula is C32H41BN2O2S. The molecule has 1 heterocycles. The largest absolute Gasteiger partial charge is 0.489 e. The average molecular weight is 529 g/mol. The molecule has 2 aliphatic carbocycles. The van der Waals surface area contributed by atoms with Crippen molar-refractivity contribution in [3.8, 4) is 0 Å². The normalized spacial score (nSPS) is 25.9. The van der Waals surface area contributed by atoms with E-state index in [1.807, 2.05) is 23.9 Å². The topological polar surface area (TPSA) is 43.2 Å². The lowest BCUT2D eigenvalue weighted by Crippen LogP contribution is -2.40. The van der Waals surface area contributed by atoms with Crippen LogP contribution in [0.5, 0.6) is 0 Å². The Bertz CT molecular complexity index is 1210. The van der Waals surface area contributed by atoms with E-state index < -0.39 is 0 Å². The molecule has 1 aliphatic heterocycles. The van der Waals surface area contributed by atoms with Crippen LogP contribution in [0, 0.1) is 17.3 Å². The Morgan fingerprint density at radius 2 is 1.92 bits per heavy atom. The quantitative estimate of drug-likeness (QED) is 0.244. The number of benzene rings is 1. The van der Waals surface area contributed by atoms with Gasteiger partial charge in [-0.2, -0.15) is 0 Å². The SMILES string of the molecule is C=C/C=C\[C@]12CN=C(C3=CC=C(B(OC)OC(C)(C)C(C)C)CC3)N=C(c3ccccc3)C(=C)SC1C2C. The highest BCUT2D eigenvalue weighted by molar-refractivity contribution is 8.04. The van der Waals surface area contributed by atoms with Gasteiger partial charge in [-0.15, -0.1) is 11.8 Å². The van der Waals surface area contributed by atoms with Crippen LogP contribution in [0.15, 0.2) is 99.8 Å². The van der Waals surface area contributed by atoms with Crippen LogP contribution in [0.3, 0.4) is 0 Å². The highest BCUT2D eigenvalue weighted by Gasteiger charge is 2.61. The summed E-state index contributed by atoms with van der Waals surface area (Å²) < 4.78 is 12.2. The molecule has 4 rings (SSSR count). The fourth-order valence-corrected chi connectivity index (χ4v) is 6.49. The number of hydrogen-bond donors (Lipinski definition) is 0. The zero-order chi connectivity index (χ0) is 27.5. The Balaban J connectivity index is 1.71. The minimum atomic E-state index is -0.368. The Morgan fingerprint density at radius 1 is 1.18 bits per heavy atom. The van der Waals surface area contributed by atoms with Crippen LogP contribution in [0.4, 0.5) is 0 Å². The molecule has 1 fully saturated rings. The first-order chi connectivity index (χ1) is 18.1. The van der Waals surface area contributed by atoms with Crippen molar-refractivity contribution in [3.05, 3.63) is 95.4 Å². The second-order valence-electron chi connectivity index (χ2n) is 11.3. The number of hydrogen-bond acceptors (Lipinski definition) is 5. The van der Waals surface area contributed by atoms with Gasteiger partial charge < -0.3 is 9.31 Å². The standard InChI is InChI=1S/C32H41BN2O2S/c1-9-10-20-32-21-34-30(26-16-18-27(19-17-26)33(36-8)37-31(6,7)22(2)3)35-28(25-14-12-11-13-15-25)24(5)38-29(32)23(32)4/h9-16,18,20,22-23,29H,1,5,17,19,21H2,2-4,6-8H3/b20-10-,34-30?,35-28?/t23?,29?,32-/m1/s1. The number of aliphatic imine (C=N–C) groups is 2. The van der Waals surface area contributed by atoms with Gasteiger partial charge in [-0.3, -0.25) is 4.99 Å². The van der Waals surface area contributed by atoms with E-state index in [-0.39, 0.29) is 18.1 Å². The Morgan fingerprint density at radius 3 is 2.53 bits per heavy atom. The minimum Gasteiger partial charge on any atom is -0.410 e. The van der Waals surface area contributed by atoms with Crippen molar-refractivity contribution in [2.45, 2.75) is 58.3 Å². The van der Waals surface area contributed by atoms with Crippen LogP contribution in [0.25, 0.3) is 0 Å². The first-order valence-corrected chi connectivity index (χ1v) is 14.5. The van der Waals surface area contributed by atoms with Crippen molar-refractivity contribution in [1.29, 1.82) is 0 Å². The summed E-state index contributed by atoms with van der Waals surface area (Å²) in [7, 11) is 1.35. The van der Waals surface area contributed by atoms with Crippen LogP contribution in [0.2, 0.25) is 0 Å². The lowest BCUT2D eigenvalue weighted by molar-refractivity contribution is 0.0351. The fraction of sp³-hybridized carbons (Fsp3) is 0.438. The van der Waals surface area contributed by atoms with E-state index in [0.717, 1.165) is 45.9 Å². The second kappa shape index (κ2) is 11.8. The van der Waals surface area contributed by atoms with E-state index >= 15 is 0 Å². The molecule has 1 aromatic carbocycles. The van der Waals surface area contributed by atoms with E-state index in [1.54, 1.807) is 7.11 Å². The number of allylic oxidation sites excluding steroid dienone is 6. The fourth-order valence-electron chi connectivity index (χ4n) is 4.95. The maximum Gasteiger partial charge on any atom is 0.489 e. The first-order valence-electron chi connectivity index (χ1n) is 13.6. The van der Waals surface area contributed by atoms with Gasteiger partial charge in [0, 0.05) is 28.2 Å². The van der Waals surface area contributed by atoms with Gasteiger partial charge in [-0.05, 0) is 49.6 Å². The van der Waals surface area contributed by atoms with Crippen LogP contribution in [0.1, 0.15) is 53.0 Å². The molecule has 2 unspecified atom stereocenters. The van der Waals surface area contributed by atoms with Crippen molar-refractivity contribution in [1.82, 2.24) is 0 Å². The summed E-state index contributed by atoms with van der Waals surface area (Å²) in [5.41, 5.74) is 3.95. The summed E-state index contributed by atoms with van der Waals surface area (Å²) in [6, 6.07) is 10.3. The number of amidine groups is 1. The summed E-state index contributed by atoms with van der Waals surface area (Å²) in [6.07, 6.45) is 12.1. The molecule has 3 atom stereocenters. The van der Waals surface area contributed by atoms with Crippen molar-refractivity contribution in [2.75, 3.05) is 13.7 Å². The first kappa shape index (κ1) is 28.6. The predicted octanol–water partition coefficient (Wildman–Crippen LogP) is 7.65. The number of nitrogens with zero attached hydrogens (tertiary/aromatic N) is 2. The van der Waals surface area contributed by atoms with Gasteiger partial charge in [0.05, 0.1) is 17.9 Å². The zero-order valence-electron chi connectivity index (χ0n) is 23.7. The third-order valence-electron chi connectivity index (χ3n) is 8.35. The van der Waals surface area contributed by atoms with Gasteiger partial charge in [0.25, 0.3) is 0 Å². The highest BCUT2D eigenvalue weighted by Crippen LogP contribution is 2.62. The summed E-state index contributed by atoms with van der Waals surface area (Å²) in [5, 5.41) is 0.416. The van der Waals surface area contributed by atoms with Crippen LogP contribution < -0.4 is 0 Å². The van der Waals surface area contributed by atoms with Gasteiger partial charge in [0.1, 0.15) is 0 Å². The molecule has 200 valence electrons. The van der Waals surface area contributed by atoms with Crippen molar-refractivity contribution < 1.29 is 9.31 Å². The summed E-state index contributed by atoms with van der Waals surface area (Å²) in [5.74, 6) is 1.66. The second-order valence-corrected chi connectivity index (χ2v) is 12.5. The van der Waals surface area contributed by atoms with E-state index in [0.29, 0.717) is 23.6 Å². The summed E-state index contributed by atoms with van der Waals surface area (Å²) in [4.78, 5) is 11.3. The number of thioether (sulfide) groups is 1. The molecule has 0 spiro atoms. The van der Waals surface area contributed by atoms with E-state index in [4.69, 9.17) is 19.3 Å².